The first-order valence-corrected chi connectivity index (χ1v) is 7.08. The van der Waals surface area contributed by atoms with Crippen molar-refractivity contribution in [1.29, 1.82) is 0 Å². The van der Waals surface area contributed by atoms with Gasteiger partial charge >= 0.3 is 12.0 Å². The van der Waals surface area contributed by atoms with Gasteiger partial charge in [-0.2, -0.15) is 0 Å². The SMILES string of the molecule is CCCC(C)(NC(=O)N1CCCC(C)C1)C(=O)OC. The van der Waals surface area contributed by atoms with Gasteiger partial charge in [-0.15, -0.1) is 0 Å². The van der Waals surface area contributed by atoms with Crippen molar-refractivity contribution in [3.8, 4) is 0 Å². The number of methoxy groups -OCH3 is 1. The molecule has 1 aliphatic heterocycles. The fourth-order valence-electron chi connectivity index (χ4n) is 2.63. The molecule has 0 radical (unpaired) electrons. The maximum absolute atomic E-state index is 12.3. The van der Waals surface area contributed by atoms with Gasteiger partial charge < -0.3 is 15.0 Å². The minimum Gasteiger partial charge on any atom is -0.467 e. The number of piperidine rings is 1. The highest BCUT2D eigenvalue weighted by Gasteiger charge is 2.36. The number of urea groups is 1. The third kappa shape index (κ3) is 4.11. The Hall–Kier alpha value is -1.26. The van der Waals surface area contributed by atoms with Crippen molar-refractivity contribution in [2.75, 3.05) is 20.2 Å². The number of hydrogen-bond donors (Lipinski definition) is 1. The van der Waals surface area contributed by atoms with Crippen molar-refractivity contribution in [3.05, 3.63) is 0 Å². The monoisotopic (exact) mass is 270 g/mol. The first-order chi connectivity index (χ1) is 8.92. The Balaban J connectivity index is 2.68. The Morgan fingerprint density at radius 3 is 2.68 bits per heavy atom. The van der Waals surface area contributed by atoms with E-state index >= 15 is 0 Å². The van der Waals surface area contributed by atoms with Crippen LogP contribution in [0.4, 0.5) is 4.79 Å². The lowest BCUT2D eigenvalue weighted by atomic mass is 9.96. The van der Waals surface area contributed by atoms with Crippen molar-refractivity contribution >= 4 is 12.0 Å². The van der Waals surface area contributed by atoms with Gasteiger partial charge in [-0.25, -0.2) is 9.59 Å². The van der Waals surface area contributed by atoms with E-state index in [1.807, 2.05) is 6.92 Å². The van der Waals surface area contributed by atoms with E-state index in [1.165, 1.54) is 7.11 Å². The Bertz CT molecular complexity index is 333. The molecule has 2 atom stereocenters. The van der Waals surface area contributed by atoms with Crippen molar-refractivity contribution in [2.24, 2.45) is 5.92 Å². The zero-order valence-corrected chi connectivity index (χ0v) is 12.5. The third-order valence-electron chi connectivity index (χ3n) is 3.71. The fraction of sp³-hybridized carbons (Fsp3) is 0.857. The summed E-state index contributed by atoms with van der Waals surface area (Å²) < 4.78 is 4.81. The average molecular weight is 270 g/mol. The third-order valence-corrected chi connectivity index (χ3v) is 3.71. The number of likely N-dealkylation sites (tertiary alicyclic amines) is 1. The average Bonchev–Trinajstić information content (AvgIpc) is 2.37. The summed E-state index contributed by atoms with van der Waals surface area (Å²) in [6, 6.07) is -0.159. The maximum atomic E-state index is 12.3. The standard InChI is InChI=1S/C14H26N2O3/c1-5-8-14(3,12(17)19-4)15-13(18)16-9-6-7-11(2)10-16/h11H,5-10H2,1-4H3,(H,15,18). The predicted octanol–water partition coefficient (Wildman–Crippen LogP) is 2.16. The van der Waals surface area contributed by atoms with Crippen LogP contribution in [0.2, 0.25) is 0 Å². The smallest absolute Gasteiger partial charge is 0.331 e. The van der Waals surface area contributed by atoms with Gasteiger partial charge in [-0.3, -0.25) is 0 Å². The van der Waals surface area contributed by atoms with E-state index in [9.17, 15) is 9.59 Å². The Labute approximate surface area is 115 Å². The minimum absolute atomic E-state index is 0.159. The summed E-state index contributed by atoms with van der Waals surface area (Å²) in [4.78, 5) is 25.9. The molecule has 0 spiro atoms. The van der Waals surface area contributed by atoms with Crippen LogP contribution in [-0.4, -0.2) is 42.6 Å². The number of hydrogen-bond acceptors (Lipinski definition) is 3. The number of carbonyl (C=O) groups is 2. The molecule has 5 nitrogen and oxygen atoms in total. The van der Waals surface area contributed by atoms with E-state index in [0.717, 1.165) is 32.4 Å². The number of rotatable bonds is 4. The van der Waals surface area contributed by atoms with Crippen LogP contribution in [0.25, 0.3) is 0 Å². The minimum atomic E-state index is -0.929. The molecule has 1 aliphatic rings. The number of ether oxygens (including phenoxy) is 1. The molecular weight excluding hydrogens is 244 g/mol. The van der Waals surface area contributed by atoms with Crippen molar-refractivity contribution in [3.63, 3.8) is 0 Å². The van der Waals surface area contributed by atoms with Crippen molar-refractivity contribution in [1.82, 2.24) is 10.2 Å². The lowest BCUT2D eigenvalue weighted by molar-refractivity contribution is -0.147. The normalized spacial score (nSPS) is 22.5. The fourth-order valence-corrected chi connectivity index (χ4v) is 2.63. The molecule has 0 saturated carbocycles. The van der Waals surface area contributed by atoms with E-state index in [2.05, 4.69) is 12.2 Å². The molecule has 1 N–H and O–H groups in total. The van der Waals surface area contributed by atoms with Gasteiger partial charge in [0.25, 0.3) is 0 Å². The van der Waals surface area contributed by atoms with E-state index in [4.69, 9.17) is 4.74 Å². The molecule has 1 heterocycles. The van der Waals surface area contributed by atoms with Gasteiger partial charge in [0.15, 0.2) is 0 Å². The molecule has 2 amide bonds. The highest BCUT2D eigenvalue weighted by atomic mass is 16.5. The molecule has 0 aromatic rings. The highest BCUT2D eigenvalue weighted by molar-refractivity contribution is 5.87. The zero-order chi connectivity index (χ0) is 14.5. The summed E-state index contributed by atoms with van der Waals surface area (Å²) in [7, 11) is 1.35. The summed E-state index contributed by atoms with van der Waals surface area (Å²) in [5.41, 5.74) is -0.929. The summed E-state index contributed by atoms with van der Waals surface area (Å²) in [5.74, 6) is 0.141. The molecule has 0 aliphatic carbocycles. The van der Waals surface area contributed by atoms with Gasteiger partial charge in [-0.05, 0) is 32.1 Å². The number of esters is 1. The molecule has 1 rings (SSSR count). The molecule has 0 aromatic carbocycles. The molecule has 110 valence electrons. The van der Waals surface area contributed by atoms with E-state index in [1.54, 1.807) is 11.8 Å². The van der Waals surface area contributed by atoms with Crippen LogP contribution >= 0.6 is 0 Å². The Morgan fingerprint density at radius 1 is 1.47 bits per heavy atom. The van der Waals surface area contributed by atoms with Gasteiger partial charge in [0.05, 0.1) is 7.11 Å². The largest absolute Gasteiger partial charge is 0.467 e. The van der Waals surface area contributed by atoms with Gasteiger partial charge in [0, 0.05) is 13.1 Å². The molecule has 5 heteroatoms. The van der Waals surface area contributed by atoms with Crippen LogP contribution in [0, 0.1) is 5.92 Å². The highest BCUT2D eigenvalue weighted by Crippen LogP contribution is 2.18. The first-order valence-electron chi connectivity index (χ1n) is 7.08. The van der Waals surface area contributed by atoms with E-state index < -0.39 is 5.54 Å². The van der Waals surface area contributed by atoms with Crippen LogP contribution in [-0.2, 0) is 9.53 Å². The lowest BCUT2D eigenvalue weighted by Gasteiger charge is -2.35. The number of nitrogens with one attached hydrogen (secondary N) is 1. The predicted molar refractivity (Wildman–Crippen MR) is 73.8 cm³/mol. The van der Waals surface area contributed by atoms with Crippen LogP contribution < -0.4 is 5.32 Å². The lowest BCUT2D eigenvalue weighted by Crippen LogP contribution is -2.57. The number of carbonyl (C=O) groups excluding carboxylic acids is 2. The topological polar surface area (TPSA) is 58.6 Å². The van der Waals surface area contributed by atoms with E-state index in [0.29, 0.717) is 12.3 Å². The Kier molecular flexibility index (Phi) is 5.63. The second-order valence-corrected chi connectivity index (χ2v) is 5.70. The van der Waals surface area contributed by atoms with E-state index in [-0.39, 0.29) is 12.0 Å². The molecule has 0 bridgehead atoms. The molecule has 19 heavy (non-hydrogen) atoms. The second kappa shape index (κ2) is 6.78. The van der Waals surface area contributed by atoms with Crippen LogP contribution in [0.5, 0.6) is 0 Å². The van der Waals surface area contributed by atoms with Crippen LogP contribution in [0.15, 0.2) is 0 Å². The second-order valence-electron chi connectivity index (χ2n) is 5.70. The van der Waals surface area contributed by atoms with Crippen LogP contribution in [0.3, 0.4) is 0 Å². The molecule has 2 unspecified atom stereocenters. The summed E-state index contributed by atoms with van der Waals surface area (Å²) in [6.07, 6.45) is 3.57. The van der Waals surface area contributed by atoms with Gasteiger partial charge in [-0.1, -0.05) is 20.3 Å². The number of amides is 2. The summed E-state index contributed by atoms with van der Waals surface area (Å²) in [6.45, 7) is 7.38. The Morgan fingerprint density at radius 2 is 2.16 bits per heavy atom. The zero-order valence-electron chi connectivity index (χ0n) is 12.5. The maximum Gasteiger partial charge on any atom is 0.331 e. The van der Waals surface area contributed by atoms with Crippen LogP contribution in [0.1, 0.15) is 46.5 Å². The van der Waals surface area contributed by atoms with Crippen molar-refractivity contribution in [2.45, 2.75) is 52.0 Å². The molecule has 1 saturated heterocycles. The van der Waals surface area contributed by atoms with Crippen molar-refractivity contribution < 1.29 is 14.3 Å². The molecule has 1 fully saturated rings. The van der Waals surface area contributed by atoms with Gasteiger partial charge in [0.1, 0.15) is 5.54 Å². The number of nitrogens with zero attached hydrogens (tertiary/aromatic N) is 1. The first kappa shape index (κ1) is 15.8. The quantitative estimate of drug-likeness (QED) is 0.796. The van der Waals surface area contributed by atoms with Gasteiger partial charge in [0.2, 0.25) is 0 Å². The summed E-state index contributed by atoms with van der Waals surface area (Å²) in [5, 5.41) is 2.85. The molecule has 0 aromatic heterocycles. The summed E-state index contributed by atoms with van der Waals surface area (Å²) >= 11 is 0. The molecular formula is C14H26N2O3.